The molecule has 0 aliphatic carbocycles. The highest BCUT2D eigenvalue weighted by Gasteiger charge is 2.24. The van der Waals surface area contributed by atoms with E-state index in [-0.39, 0.29) is 5.91 Å². The Labute approximate surface area is 108 Å². The topological polar surface area (TPSA) is 45.2 Å². The largest absolute Gasteiger partial charge is 0.339 e. The smallest absolute Gasteiger partial charge is 0.246 e. The normalized spacial score (nSPS) is 19.6. The Morgan fingerprint density at radius 1 is 1.67 bits per heavy atom. The Hall–Kier alpha value is -1.68. The monoisotopic (exact) mass is 245 g/mol. The fraction of sp³-hybridized carbons (Fsp3) is 0.429. The van der Waals surface area contributed by atoms with Crippen LogP contribution in [0, 0.1) is 5.92 Å². The fourth-order valence-corrected chi connectivity index (χ4v) is 2.24. The highest BCUT2D eigenvalue weighted by atomic mass is 16.2. The standard InChI is InChI=1S/C14H19N3O/c1-15-9-13-6-8-17(11-13)14(18)5-4-12-3-2-7-16-10-12/h2-5,7,10,13,15H,6,8-9,11H2,1H3. The molecule has 1 aromatic rings. The van der Waals surface area contributed by atoms with Crippen LogP contribution in [0.1, 0.15) is 12.0 Å². The zero-order chi connectivity index (χ0) is 12.8. The Bertz CT molecular complexity index is 416. The molecule has 0 saturated carbocycles. The summed E-state index contributed by atoms with van der Waals surface area (Å²) in [5.41, 5.74) is 0.955. The molecule has 1 aliphatic heterocycles. The molecule has 1 aromatic heterocycles. The van der Waals surface area contributed by atoms with E-state index in [9.17, 15) is 4.79 Å². The van der Waals surface area contributed by atoms with Crippen LogP contribution in [0.2, 0.25) is 0 Å². The van der Waals surface area contributed by atoms with Gasteiger partial charge < -0.3 is 10.2 Å². The summed E-state index contributed by atoms with van der Waals surface area (Å²) < 4.78 is 0. The number of carbonyl (C=O) groups is 1. The molecular formula is C14H19N3O. The molecule has 4 heteroatoms. The summed E-state index contributed by atoms with van der Waals surface area (Å²) in [7, 11) is 1.95. The maximum absolute atomic E-state index is 12.0. The number of carbonyl (C=O) groups excluding carboxylic acids is 1. The third-order valence-electron chi connectivity index (χ3n) is 3.19. The minimum Gasteiger partial charge on any atom is -0.339 e. The average molecular weight is 245 g/mol. The molecular weight excluding hydrogens is 226 g/mol. The van der Waals surface area contributed by atoms with Gasteiger partial charge >= 0.3 is 0 Å². The first-order chi connectivity index (χ1) is 8.79. The van der Waals surface area contributed by atoms with Crippen molar-refractivity contribution in [3.8, 4) is 0 Å². The zero-order valence-electron chi connectivity index (χ0n) is 10.7. The average Bonchev–Trinajstić information content (AvgIpc) is 2.86. The maximum Gasteiger partial charge on any atom is 0.246 e. The summed E-state index contributed by atoms with van der Waals surface area (Å²) in [6, 6.07) is 3.80. The van der Waals surface area contributed by atoms with Gasteiger partial charge in [-0.2, -0.15) is 0 Å². The molecule has 1 amide bonds. The van der Waals surface area contributed by atoms with Crippen LogP contribution in [0.25, 0.3) is 6.08 Å². The molecule has 4 nitrogen and oxygen atoms in total. The second-order valence-electron chi connectivity index (χ2n) is 4.62. The van der Waals surface area contributed by atoms with Crippen molar-refractivity contribution >= 4 is 12.0 Å². The van der Waals surface area contributed by atoms with Crippen LogP contribution < -0.4 is 5.32 Å². The second kappa shape index (κ2) is 6.31. The molecule has 1 fully saturated rings. The van der Waals surface area contributed by atoms with E-state index in [1.54, 1.807) is 18.5 Å². The van der Waals surface area contributed by atoms with E-state index < -0.39 is 0 Å². The van der Waals surface area contributed by atoms with Gasteiger partial charge in [0.1, 0.15) is 0 Å². The minimum absolute atomic E-state index is 0.0949. The van der Waals surface area contributed by atoms with E-state index in [0.29, 0.717) is 5.92 Å². The van der Waals surface area contributed by atoms with Crippen LogP contribution in [0.15, 0.2) is 30.6 Å². The summed E-state index contributed by atoms with van der Waals surface area (Å²) in [5.74, 6) is 0.684. The predicted octanol–water partition coefficient (Wildman–Crippen LogP) is 1.16. The molecule has 1 N–H and O–H groups in total. The SMILES string of the molecule is CNCC1CCN(C(=O)C=Cc2cccnc2)C1. The molecule has 2 heterocycles. The molecule has 96 valence electrons. The van der Waals surface area contributed by atoms with E-state index >= 15 is 0 Å². The minimum atomic E-state index is 0.0949. The molecule has 0 radical (unpaired) electrons. The summed E-state index contributed by atoms with van der Waals surface area (Å²) in [4.78, 5) is 17.9. The van der Waals surface area contributed by atoms with Crippen molar-refractivity contribution in [1.82, 2.24) is 15.2 Å². The van der Waals surface area contributed by atoms with Gasteiger partial charge in [-0.1, -0.05) is 6.07 Å². The summed E-state index contributed by atoms with van der Waals surface area (Å²) in [6.07, 6.45) is 8.02. The fourth-order valence-electron chi connectivity index (χ4n) is 2.24. The molecule has 18 heavy (non-hydrogen) atoms. The van der Waals surface area contributed by atoms with Gasteiger partial charge in [-0.25, -0.2) is 0 Å². The van der Waals surface area contributed by atoms with Crippen LogP contribution in [0.3, 0.4) is 0 Å². The van der Waals surface area contributed by atoms with Crippen molar-refractivity contribution in [2.45, 2.75) is 6.42 Å². The Kier molecular flexibility index (Phi) is 4.47. The van der Waals surface area contributed by atoms with Crippen molar-refractivity contribution in [2.24, 2.45) is 5.92 Å². The summed E-state index contributed by atoms with van der Waals surface area (Å²) >= 11 is 0. The van der Waals surface area contributed by atoms with Gasteiger partial charge in [-0.05, 0) is 43.6 Å². The van der Waals surface area contributed by atoms with Gasteiger partial charge in [-0.3, -0.25) is 9.78 Å². The molecule has 1 saturated heterocycles. The van der Waals surface area contributed by atoms with Gasteiger partial charge in [0, 0.05) is 31.6 Å². The summed E-state index contributed by atoms with van der Waals surface area (Å²) in [6.45, 7) is 2.70. The number of pyridine rings is 1. The number of hydrogen-bond acceptors (Lipinski definition) is 3. The predicted molar refractivity (Wildman–Crippen MR) is 71.9 cm³/mol. The molecule has 1 aliphatic rings. The van der Waals surface area contributed by atoms with Crippen molar-refractivity contribution < 1.29 is 4.79 Å². The first-order valence-corrected chi connectivity index (χ1v) is 6.31. The molecule has 0 spiro atoms. The highest BCUT2D eigenvalue weighted by molar-refractivity contribution is 5.91. The Morgan fingerprint density at radius 3 is 3.28 bits per heavy atom. The number of rotatable bonds is 4. The van der Waals surface area contributed by atoms with Crippen molar-refractivity contribution in [1.29, 1.82) is 0 Å². The van der Waals surface area contributed by atoms with Gasteiger partial charge in [0.05, 0.1) is 0 Å². The lowest BCUT2D eigenvalue weighted by molar-refractivity contribution is -0.125. The first kappa shape index (κ1) is 12.8. The van der Waals surface area contributed by atoms with Crippen LogP contribution in [-0.2, 0) is 4.79 Å². The molecule has 1 unspecified atom stereocenters. The number of likely N-dealkylation sites (tertiary alicyclic amines) is 1. The van der Waals surface area contributed by atoms with E-state index in [4.69, 9.17) is 0 Å². The van der Waals surface area contributed by atoms with Crippen LogP contribution in [-0.4, -0.2) is 42.5 Å². The lowest BCUT2D eigenvalue weighted by atomic mass is 10.1. The number of nitrogens with zero attached hydrogens (tertiary/aromatic N) is 2. The van der Waals surface area contributed by atoms with Gasteiger partial charge in [0.15, 0.2) is 0 Å². The lowest BCUT2D eigenvalue weighted by Gasteiger charge is -2.14. The van der Waals surface area contributed by atoms with Crippen molar-refractivity contribution in [2.75, 3.05) is 26.7 Å². The van der Waals surface area contributed by atoms with Gasteiger partial charge in [0.2, 0.25) is 5.91 Å². The van der Waals surface area contributed by atoms with Crippen LogP contribution >= 0.6 is 0 Å². The second-order valence-corrected chi connectivity index (χ2v) is 4.62. The van der Waals surface area contributed by atoms with E-state index in [0.717, 1.165) is 31.6 Å². The number of aromatic nitrogens is 1. The van der Waals surface area contributed by atoms with Crippen LogP contribution in [0.5, 0.6) is 0 Å². The van der Waals surface area contributed by atoms with Gasteiger partial charge in [0.25, 0.3) is 0 Å². The number of nitrogens with one attached hydrogen (secondary N) is 1. The number of amides is 1. The zero-order valence-corrected chi connectivity index (χ0v) is 10.7. The third kappa shape index (κ3) is 3.40. The molecule has 0 bridgehead atoms. The van der Waals surface area contributed by atoms with Crippen molar-refractivity contribution in [3.63, 3.8) is 0 Å². The van der Waals surface area contributed by atoms with Crippen LogP contribution in [0.4, 0.5) is 0 Å². The maximum atomic E-state index is 12.0. The van der Waals surface area contributed by atoms with E-state index in [1.807, 2.05) is 30.2 Å². The number of hydrogen-bond donors (Lipinski definition) is 1. The van der Waals surface area contributed by atoms with E-state index in [2.05, 4.69) is 10.3 Å². The van der Waals surface area contributed by atoms with E-state index in [1.165, 1.54) is 0 Å². The quantitative estimate of drug-likeness (QED) is 0.810. The molecule has 2 rings (SSSR count). The first-order valence-electron chi connectivity index (χ1n) is 6.31. The Balaban J connectivity index is 1.87. The molecule has 1 atom stereocenters. The van der Waals surface area contributed by atoms with Crippen molar-refractivity contribution in [3.05, 3.63) is 36.2 Å². The van der Waals surface area contributed by atoms with Gasteiger partial charge in [-0.15, -0.1) is 0 Å². The molecule has 0 aromatic carbocycles. The Morgan fingerprint density at radius 2 is 2.56 bits per heavy atom. The highest BCUT2D eigenvalue weighted by Crippen LogP contribution is 2.15. The summed E-state index contributed by atoms with van der Waals surface area (Å²) in [5, 5.41) is 3.16. The third-order valence-corrected chi connectivity index (χ3v) is 3.19. The lowest BCUT2D eigenvalue weighted by Crippen LogP contribution is -2.28.